The summed E-state index contributed by atoms with van der Waals surface area (Å²) in [5, 5.41) is 10.2. The van der Waals surface area contributed by atoms with Crippen molar-refractivity contribution in [2.24, 2.45) is 0 Å². The van der Waals surface area contributed by atoms with Crippen LogP contribution in [0.4, 0.5) is 0 Å². The Kier molecular flexibility index (Phi) is 7.29. The Hall–Kier alpha value is -2.04. The molecule has 0 saturated carbocycles. The number of carboxylic acid groups (broad SMARTS) is 1. The van der Waals surface area contributed by atoms with Crippen LogP contribution in [0.5, 0.6) is 5.75 Å². The summed E-state index contributed by atoms with van der Waals surface area (Å²) in [6, 6.07) is 14.6. The standard InChI is InChI=1S/C20H24ClNO3/c1-22(2)11-6-12-25-19-10-9-17(21)13-16(19)14-18(20(23)24)15-7-4-3-5-8-15/h3-5,7-10,13,18H,6,11-12,14H2,1-2H3,(H,23,24). The van der Waals surface area contributed by atoms with Gasteiger partial charge in [-0.1, -0.05) is 41.9 Å². The average Bonchev–Trinajstić information content (AvgIpc) is 2.58. The summed E-state index contributed by atoms with van der Waals surface area (Å²) in [5.74, 6) is -0.793. The van der Waals surface area contributed by atoms with Crippen LogP contribution in [-0.2, 0) is 11.2 Å². The highest BCUT2D eigenvalue weighted by molar-refractivity contribution is 6.30. The van der Waals surface area contributed by atoms with Crippen molar-refractivity contribution in [2.45, 2.75) is 18.8 Å². The van der Waals surface area contributed by atoms with Gasteiger partial charge in [-0.15, -0.1) is 0 Å². The number of aliphatic carboxylic acids is 1. The van der Waals surface area contributed by atoms with Crippen LogP contribution in [-0.4, -0.2) is 43.2 Å². The number of hydrogen-bond donors (Lipinski definition) is 1. The molecule has 0 saturated heterocycles. The van der Waals surface area contributed by atoms with Crippen LogP contribution in [0.15, 0.2) is 48.5 Å². The number of halogens is 1. The van der Waals surface area contributed by atoms with E-state index < -0.39 is 11.9 Å². The number of carbonyl (C=O) groups is 1. The second-order valence-corrected chi connectivity index (χ2v) is 6.70. The van der Waals surface area contributed by atoms with Crippen molar-refractivity contribution in [3.05, 3.63) is 64.7 Å². The van der Waals surface area contributed by atoms with Crippen LogP contribution in [0, 0.1) is 0 Å². The van der Waals surface area contributed by atoms with Gasteiger partial charge in [-0.05, 0) is 56.3 Å². The molecule has 2 rings (SSSR count). The van der Waals surface area contributed by atoms with Gasteiger partial charge < -0.3 is 14.7 Å². The Balaban J connectivity index is 2.16. The topological polar surface area (TPSA) is 49.8 Å². The number of ether oxygens (including phenoxy) is 1. The first-order valence-electron chi connectivity index (χ1n) is 8.31. The fourth-order valence-electron chi connectivity index (χ4n) is 2.66. The molecule has 0 heterocycles. The van der Waals surface area contributed by atoms with Gasteiger partial charge in [0.25, 0.3) is 0 Å². The molecule has 0 aliphatic heterocycles. The van der Waals surface area contributed by atoms with Crippen LogP contribution >= 0.6 is 11.6 Å². The second kappa shape index (κ2) is 9.44. The fourth-order valence-corrected chi connectivity index (χ4v) is 2.86. The van der Waals surface area contributed by atoms with E-state index in [-0.39, 0.29) is 0 Å². The van der Waals surface area contributed by atoms with Crippen LogP contribution in [0.1, 0.15) is 23.5 Å². The Morgan fingerprint density at radius 1 is 1.20 bits per heavy atom. The molecule has 5 heteroatoms. The van der Waals surface area contributed by atoms with Crippen LogP contribution in [0.25, 0.3) is 0 Å². The SMILES string of the molecule is CN(C)CCCOc1ccc(Cl)cc1CC(C(=O)O)c1ccccc1. The lowest BCUT2D eigenvalue weighted by Crippen LogP contribution is -2.17. The molecule has 2 aromatic carbocycles. The molecule has 0 amide bonds. The average molecular weight is 362 g/mol. The van der Waals surface area contributed by atoms with E-state index >= 15 is 0 Å². The van der Waals surface area contributed by atoms with Crippen molar-refractivity contribution in [3.8, 4) is 5.75 Å². The first-order chi connectivity index (χ1) is 12.0. The fraction of sp³-hybridized carbons (Fsp3) is 0.350. The van der Waals surface area contributed by atoms with Gasteiger partial charge >= 0.3 is 5.97 Å². The van der Waals surface area contributed by atoms with E-state index in [1.54, 1.807) is 12.1 Å². The van der Waals surface area contributed by atoms with Crippen molar-refractivity contribution in [1.82, 2.24) is 4.90 Å². The van der Waals surface area contributed by atoms with Gasteiger partial charge in [0.15, 0.2) is 0 Å². The summed E-state index contributed by atoms with van der Waals surface area (Å²) in [6.07, 6.45) is 1.24. The molecule has 4 nitrogen and oxygen atoms in total. The second-order valence-electron chi connectivity index (χ2n) is 6.26. The lowest BCUT2D eigenvalue weighted by Gasteiger charge is -2.17. The van der Waals surface area contributed by atoms with Gasteiger partial charge in [-0.25, -0.2) is 0 Å². The summed E-state index contributed by atoms with van der Waals surface area (Å²) in [5.41, 5.74) is 1.59. The molecule has 25 heavy (non-hydrogen) atoms. The number of carboxylic acids is 1. The van der Waals surface area contributed by atoms with E-state index in [2.05, 4.69) is 4.90 Å². The van der Waals surface area contributed by atoms with Gasteiger partial charge in [0.1, 0.15) is 5.75 Å². The van der Waals surface area contributed by atoms with Crippen molar-refractivity contribution >= 4 is 17.6 Å². The molecule has 1 atom stereocenters. The number of benzene rings is 2. The zero-order valence-corrected chi connectivity index (χ0v) is 15.4. The smallest absolute Gasteiger partial charge is 0.311 e. The first kappa shape index (κ1) is 19.3. The molecular weight excluding hydrogens is 338 g/mol. The minimum Gasteiger partial charge on any atom is -0.493 e. The lowest BCUT2D eigenvalue weighted by atomic mass is 9.92. The minimum atomic E-state index is -0.857. The van der Waals surface area contributed by atoms with Gasteiger partial charge in [0.2, 0.25) is 0 Å². The highest BCUT2D eigenvalue weighted by Crippen LogP contribution is 2.29. The Labute approximate surface area is 154 Å². The van der Waals surface area contributed by atoms with E-state index in [9.17, 15) is 9.90 Å². The number of rotatable bonds is 9. The zero-order chi connectivity index (χ0) is 18.2. The van der Waals surface area contributed by atoms with Crippen molar-refractivity contribution in [2.75, 3.05) is 27.2 Å². The summed E-state index contributed by atoms with van der Waals surface area (Å²) in [4.78, 5) is 13.9. The number of hydrogen-bond acceptors (Lipinski definition) is 3. The predicted molar refractivity (Wildman–Crippen MR) is 101 cm³/mol. The Morgan fingerprint density at radius 2 is 1.92 bits per heavy atom. The molecule has 0 fully saturated rings. The van der Waals surface area contributed by atoms with E-state index in [4.69, 9.17) is 16.3 Å². The summed E-state index contributed by atoms with van der Waals surface area (Å²) >= 11 is 6.12. The van der Waals surface area contributed by atoms with Crippen LogP contribution in [0.2, 0.25) is 5.02 Å². The predicted octanol–water partition coefficient (Wildman–Crippen LogP) is 4.08. The molecule has 0 spiro atoms. The number of nitrogens with zero attached hydrogens (tertiary/aromatic N) is 1. The van der Waals surface area contributed by atoms with Gasteiger partial charge in [0.05, 0.1) is 12.5 Å². The van der Waals surface area contributed by atoms with Crippen molar-refractivity contribution in [3.63, 3.8) is 0 Å². The molecule has 0 aliphatic carbocycles. The highest BCUT2D eigenvalue weighted by Gasteiger charge is 2.22. The van der Waals surface area contributed by atoms with Gasteiger partial charge in [-0.2, -0.15) is 0 Å². The van der Waals surface area contributed by atoms with Crippen molar-refractivity contribution < 1.29 is 14.6 Å². The normalized spacial score (nSPS) is 12.2. The third-order valence-electron chi connectivity index (χ3n) is 3.95. The van der Waals surface area contributed by atoms with Crippen LogP contribution in [0.3, 0.4) is 0 Å². The zero-order valence-electron chi connectivity index (χ0n) is 14.6. The molecule has 0 radical (unpaired) electrons. The minimum absolute atomic E-state index is 0.336. The summed E-state index contributed by atoms with van der Waals surface area (Å²) in [6.45, 7) is 1.51. The quantitative estimate of drug-likeness (QED) is 0.684. The van der Waals surface area contributed by atoms with E-state index in [0.717, 1.165) is 24.1 Å². The molecule has 0 bridgehead atoms. The lowest BCUT2D eigenvalue weighted by molar-refractivity contribution is -0.138. The molecule has 1 unspecified atom stereocenters. The molecule has 1 N–H and O–H groups in total. The van der Waals surface area contributed by atoms with E-state index in [0.29, 0.717) is 23.8 Å². The molecular formula is C20H24ClNO3. The molecule has 134 valence electrons. The largest absolute Gasteiger partial charge is 0.493 e. The summed E-state index contributed by atoms with van der Waals surface area (Å²) < 4.78 is 5.88. The van der Waals surface area contributed by atoms with E-state index in [1.807, 2.05) is 50.5 Å². The van der Waals surface area contributed by atoms with E-state index in [1.165, 1.54) is 0 Å². The summed E-state index contributed by atoms with van der Waals surface area (Å²) in [7, 11) is 4.04. The molecule has 0 aromatic heterocycles. The third kappa shape index (κ3) is 6.07. The molecule has 2 aromatic rings. The maximum Gasteiger partial charge on any atom is 0.311 e. The monoisotopic (exact) mass is 361 g/mol. The Bertz CT molecular complexity index is 689. The first-order valence-corrected chi connectivity index (χ1v) is 8.69. The van der Waals surface area contributed by atoms with Crippen molar-refractivity contribution in [1.29, 1.82) is 0 Å². The third-order valence-corrected chi connectivity index (χ3v) is 4.19. The maximum atomic E-state index is 11.8. The van der Waals surface area contributed by atoms with Gasteiger partial charge in [0, 0.05) is 11.6 Å². The van der Waals surface area contributed by atoms with Gasteiger partial charge in [-0.3, -0.25) is 4.79 Å². The molecule has 0 aliphatic rings. The maximum absolute atomic E-state index is 11.8. The highest BCUT2D eigenvalue weighted by atomic mass is 35.5. The Morgan fingerprint density at radius 3 is 2.56 bits per heavy atom. The van der Waals surface area contributed by atoms with Crippen LogP contribution < -0.4 is 4.74 Å².